The van der Waals surface area contributed by atoms with Crippen LogP contribution in [0.1, 0.15) is 77.2 Å². The lowest BCUT2D eigenvalue weighted by molar-refractivity contribution is -0.192. The van der Waals surface area contributed by atoms with Gasteiger partial charge in [0.05, 0.1) is 19.8 Å². The van der Waals surface area contributed by atoms with Crippen molar-refractivity contribution < 1.29 is 19.4 Å². The molecule has 0 radical (unpaired) electrons. The molecule has 0 aliphatic rings. The maximum atomic E-state index is 12.7. The number of aliphatic hydroxyl groups is 1. The lowest BCUT2D eigenvalue weighted by Gasteiger charge is -2.35. The standard InChI is InChI=1S/C22H36O4/c1-4-6-8-13-17-22(21(24)25-3,20(23)16-10-7-5-2)26-18-19-14-11-9-12-15-19/h9,11-12,14-15,20,23H,4-8,10,13,16-18H2,1-3H3. The zero-order chi connectivity index (χ0) is 19.3. The summed E-state index contributed by atoms with van der Waals surface area (Å²) >= 11 is 0. The van der Waals surface area contributed by atoms with Crippen molar-refractivity contribution in [3.8, 4) is 0 Å². The highest BCUT2D eigenvalue weighted by Gasteiger charge is 2.46. The Morgan fingerprint density at radius 3 is 2.31 bits per heavy atom. The Hall–Kier alpha value is -1.39. The van der Waals surface area contributed by atoms with Crippen LogP contribution in [0.5, 0.6) is 0 Å². The van der Waals surface area contributed by atoms with E-state index in [2.05, 4.69) is 13.8 Å². The number of hydrogen-bond donors (Lipinski definition) is 1. The van der Waals surface area contributed by atoms with Crippen LogP contribution in [0.4, 0.5) is 0 Å². The molecule has 0 amide bonds. The van der Waals surface area contributed by atoms with Gasteiger partial charge in [0.1, 0.15) is 0 Å². The molecule has 4 heteroatoms. The summed E-state index contributed by atoms with van der Waals surface area (Å²) in [6.07, 6.45) is 7.24. The van der Waals surface area contributed by atoms with Crippen LogP contribution in [-0.4, -0.2) is 29.9 Å². The Balaban J connectivity index is 2.92. The molecule has 1 aromatic rings. The maximum Gasteiger partial charge on any atom is 0.340 e. The van der Waals surface area contributed by atoms with E-state index in [0.717, 1.165) is 50.5 Å². The minimum Gasteiger partial charge on any atom is -0.467 e. The molecule has 0 spiro atoms. The van der Waals surface area contributed by atoms with E-state index in [9.17, 15) is 9.90 Å². The average Bonchev–Trinajstić information content (AvgIpc) is 2.68. The number of esters is 1. The first-order chi connectivity index (χ1) is 12.6. The molecular weight excluding hydrogens is 328 g/mol. The van der Waals surface area contributed by atoms with Crippen LogP contribution in [0.25, 0.3) is 0 Å². The van der Waals surface area contributed by atoms with Crippen LogP contribution in [-0.2, 0) is 20.9 Å². The van der Waals surface area contributed by atoms with Crippen LogP contribution in [0.2, 0.25) is 0 Å². The molecule has 0 heterocycles. The molecule has 1 rings (SSSR count). The van der Waals surface area contributed by atoms with Gasteiger partial charge in [-0.25, -0.2) is 4.79 Å². The molecule has 0 saturated carbocycles. The minimum absolute atomic E-state index is 0.286. The summed E-state index contributed by atoms with van der Waals surface area (Å²) in [5.41, 5.74) is -0.304. The van der Waals surface area contributed by atoms with Crippen LogP contribution in [0.15, 0.2) is 30.3 Å². The van der Waals surface area contributed by atoms with Gasteiger partial charge in [-0.05, 0) is 24.8 Å². The first-order valence-corrected chi connectivity index (χ1v) is 10.0. The summed E-state index contributed by atoms with van der Waals surface area (Å²) in [4.78, 5) is 12.7. The van der Waals surface area contributed by atoms with Gasteiger partial charge in [-0.3, -0.25) is 0 Å². The molecule has 0 saturated heterocycles. The van der Waals surface area contributed by atoms with Crippen molar-refractivity contribution in [2.24, 2.45) is 0 Å². The molecule has 0 aliphatic heterocycles. The van der Waals surface area contributed by atoms with E-state index in [1.807, 2.05) is 30.3 Å². The van der Waals surface area contributed by atoms with Crippen molar-refractivity contribution in [3.63, 3.8) is 0 Å². The predicted octanol–water partition coefficient (Wildman–Crippen LogP) is 5.03. The summed E-state index contributed by atoms with van der Waals surface area (Å²) in [5, 5.41) is 10.9. The molecule has 1 N–H and O–H groups in total. The smallest absolute Gasteiger partial charge is 0.340 e. The molecule has 1 aromatic carbocycles. The Kier molecular flexibility index (Phi) is 11.2. The molecule has 0 fully saturated rings. The van der Waals surface area contributed by atoms with Crippen LogP contribution in [0.3, 0.4) is 0 Å². The van der Waals surface area contributed by atoms with Gasteiger partial charge < -0.3 is 14.6 Å². The number of hydrogen-bond acceptors (Lipinski definition) is 4. The number of ether oxygens (including phenoxy) is 2. The van der Waals surface area contributed by atoms with Crippen molar-refractivity contribution in [3.05, 3.63) is 35.9 Å². The lowest BCUT2D eigenvalue weighted by atomic mass is 9.86. The van der Waals surface area contributed by atoms with E-state index in [0.29, 0.717) is 12.8 Å². The third-order valence-electron chi connectivity index (χ3n) is 4.89. The number of methoxy groups -OCH3 is 1. The van der Waals surface area contributed by atoms with E-state index in [-0.39, 0.29) is 6.61 Å². The fourth-order valence-corrected chi connectivity index (χ4v) is 3.23. The fourth-order valence-electron chi connectivity index (χ4n) is 3.23. The Morgan fingerprint density at radius 1 is 1.04 bits per heavy atom. The number of carbonyl (C=O) groups excluding carboxylic acids is 1. The lowest BCUT2D eigenvalue weighted by Crippen LogP contribution is -2.52. The second-order valence-corrected chi connectivity index (χ2v) is 6.98. The number of carbonyl (C=O) groups is 1. The third kappa shape index (κ3) is 7.08. The molecule has 2 atom stereocenters. The quantitative estimate of drug-likeness (QED) is 0.372. The van der Waals surface area contributed by atoms with Gasteiger partial charge in [-0.1, -0.05) is 82.7 Å². The minimum atomic E-state index is -1.29. The number of benzene rings is 1. The SMILES string of the molecule is CCCCCCC(OCc1ccccc1)(C(=O)OC)C(O)CCCCC. The first-order valence-electron chi connectivity index (χ1n) is 10.0. The molecule has 4 nitrogen and oxygen atoms in total. The largest absolute Gasteiger partial charge is 0.467 e. The van der Waals surface area contributed by atoms with E-state index in [1.165, 1.54) is 7.11 Å². The van der Waals surface area contributed by atoms with E-state index in [1.54, 1.807) is 0 Å². The highest BCUT2D eigenvalue weighted by Crippen LogP contribution is 2.30. The molecule has 2 unspecified atom stereocenters. The number of unbranched alkanes of at least 4 members (excludes halogenated alkanes) is 5. The zero-order valence-electron chi connectivity index (χ0n) is 16.7. The van der Waals surface area contributed by atoms with Gasteiger partial charge in [-0.2, -0.15) is 0 Å². The molecule has 148 valence electrons. The van der Waals surface area contributed by atoms with Gasteiger partial charge in [0.25, 0.3) is 0 Å². The van der Waals surface area contributed by atoms with Crippen molar-refractivity contribution in [2.75, 3.05) is 7.11 Å². The number of rotatable bonds is 14. The Morgan fingerprint density at radius 2 is 1.69 bits per heavy atom. The molecule has 0 bridgehead atoms. The van der Waals surface area contributed by atoms with Crippen LogP contribution in [0, 0.1) is 0 Å². The monoisotopic (exact) mass is 364 g/mol. The van der Waals surface area contributed by atoms with Crippen molar-refractivity contribution in [1.82, 2.24) is 0 Å². The Labute approximate surface area is 158 Å². The van der Waals surface area contributed by atoms with Crippen molar-refractivity contribution >= 4 is 5.97 Å². The normalized spacial score (nSPS) is 14.6. The number of aliphatic hydroxyl groups excluding tert-OH is 1. The van der Waals surface area contributed by atoms with Gasteiger partial charge in [0.2, 0.25) is 0 Å². The summed E-state index contributed by atoms with van der Waals surface area (Å²) in [7, 11) is 1.37. The van der Waals surface area contributed by atoms with Gasteiger partial charge in [0, 0.05) is 0 Å². The first kappa shape index (κ1) is 22.7. The molecule has 0 aliphatic carbocycles. The zero-order valence-corrected chi connectivity index (χ0v) is 16.7. The van der Waals surface area contributed by atoms with E-state index in [4.69, 9.17) is 9.47 Å². The summed E-state index contributed by atoms with van der Waals surface area (Å²) in [6.45, 7) is 4.56. The second-order valence-electron chi connectivity index (χ2n) is 6.98. The van der Waals surface area contributed by atoms with E-state index >= 15 is 0 Å². The third-order valence-corrected chi connectivity index (χ3v) is 4.89. The highest BCUT2D eigenvalue weighted by atomic mass is 16.6. The summed E-state index contributed by atoms with van der Waals surface area (Å²) < 4.78 is 11.2. The second kappa shape index (κ2) is 12.9. The highest BCUT2D eigenvalue weighted by molar-refractivity contribution is 5.80. The maximum absolute atomic E-state index is 12.7. The van der Waals surface area contributed by atoms with Crippen molar-refractivity contribution in [2.45, 2.75) is 89.9 Å². The summed E-state index contributed by atoms with van der Waals surface area (Å²) in [6, 6.07) is 9.75. The molecule has 0 aromatic heterocycles. The van der Waals surface area contributed by atoms with Gasteiger partial charge in [0.15, 0.2) is 5.60 Å². The molecular formula is C22H36O4. The molecule has 26 heavy (non-hydrogen) atoms. The Bertz CT molecular complexity index is 488. The van der Waals surface area contributed by atoms with Crippen LogP contribution >= 0.6 is 0 Å². The predicted molar refractivity (Wildman–Crippen MR) is 105 cm³/mol. The van der Waals surface area contributed by atoms with Gasteiger partial charge in [-0.15, -0.1) is 0 Å². The fraction of sp³-hybridized carbons (Fsp3) is 0.682. The van der Waals surface area contributed by atoms with Crippen LogP contribution < -0.4 is 0 Å². The van der Waals surface area contributed by atoms with E-state index < -0.39 is 17.7 Å². The van der Waals surface area contributed by atoms with Gasteiger partial charge >= 0.3 is 5.97 Å². The summed E-state index contributed by atoms with van der Waals surface area (Å²) in [5.74, 6) is -0.464. The topological polar surface area (TPSA) is 55.8 Å². The van der Waals surface area contributed by atoms with Crippen molar-refractivity contribution in [1.29, 1.82) is 0 Å². The average molecular weight is 365 g/mol.